The molecule has 5 nitrogen and oxygen atoms in total. The van der Waals surface area contributed by atoms with Crippen molar-refractivity contribution in [1.29, 1.82) is 0 Å². The highest BCUT2D eigenvalue weighted by molar-refractivity contribution is 7.98. The summed E-state index contributed by atoms with van der Waals surface area (Å²) in [6, 6.07) is 6.02. The summed E-state index contributed by atoms with van der Waals surface area (Å²) in [5, 5.41) is 12.8. The fourth-order valence-electron chi connectivity index (χ4n) is 3.18. The summed E-state index contributed by atoms with van der Waals surface area (Å²) >= 11 is 3.53. The fourth-order valence-corrected chi connectivity index (χ4v) is 5.11. The van der Waals surface area contributed by atoms with Gasteiger partial charge >= 0.3 is 0 Å². The number of hydrogen-bond acceptors (Lipinski definition) is 6. The van der Waals surface area contributed by atoms with Crippen molar-refractivity contribution in [2.45, 2.75) is 55.5 Å². The highest BCUT2D eigenvalue weighted by Gasteiger charge is 2.20. The Morgan fingerprint density at radius 2 is 2.12 bits per heavy atom. The molecule has 3 aromatic heterocycles. The molecule has 0 saturated heterocycles. The van der Waals surface area contributed by atoms with Crippen LogP contribution in [0.25, 0.3) is 0 Å². The molecule has 0 unspecified atom stereocenters. The first-order valence-corrected chi connectivity index (χ1v) is 10.6. The van der Waals surface area contributed by atoms with Gasteiger partial charge in [-0.3, -0.25) is 4.98 Å². The SMILES string of the molecule is c1ccc(CCn2cnnc2SCc2csc(C3CCCC3)n2)nc1. The van der Waals surface area contributed by atoms with Crippen LogP contribution in [-0.4, -0.2) is 24.7 Å². The van der Waals surface area contributed by atoms with E-state index < -0.39 is 0 Å². The number of pyridine rings is 1. The summed E-state index contributed by atoms with van der Waals surface area (Å²) < 4.78 is 2.10. The number of thioether (sulfide) groups is 1. The number of nitrogens with zero attached hydrogens (tertiary/aromatic N) is 5. The van der Waals surface area contributed by atoms with Crippen LogP contribution in [0.15, 0.2) is 41.3 Å². The van der Waals surface area contributed by atoms with Gasteiger partial charge in [0.05, 0.1) is 10.7 Å². The van der Waals surface area contributed by atoms with E-state index in [9.17, 15) is 0 Å². The Kier molecular flexibility index (Phi) is 5.42. The van der Waals surface area contributed by atoms with E-state index in [4.69, 9.17) is 4.98 Å². The van der Waals surface area contributed by atoms with E-state index in [1.54, 1.807) is 18.1 Å². The predicted molar refractivity (Wildman–Crippen MR) is 101 cm³/mol. The van der Waals surface area contributed by atoms with Gasteiger partial charge in [0.2, 0.25) is 0 Å². The summed E-state index contributed by atoms with van der Waals surface area (Å²) in [6.45, 7) is 0.844. The number of aromatic nitrogens is 5. The maximum atomic E-state index is 4.85. The Morgan fingerprint density at radius 3 is 2.96 bits per heavy atom. The van der Waals surface area contributed by atoms with Crippen molar-refractivity contribution in [3.8, 4) is 0 Å². The molecule has 0 amide bonds. The van der Waals surface area contributed by atoms with Crippen LogP contribution in [0.5, 0.6) is 0 Å². The van der Waals surface area contributed by atoms with Gasteiger partial charge in [-0.25, -0.2) is 4.98 Å². The van der Waals surface area contributed by atoms with Crippen LogP contribution in [0.3, 0.4) is 0 Å². The minimum absolute atomic E-state index is 0.700. The molecule has 1 aliphatic rings. The molecule has 0 bridgehead atoms. The van der Waals surface area contributed by atoms with Crippen molar-refractivity contribution < 1.29 is 0 Å². The van der Waals surface area contributed by atoms with Gasteiger partial charge in [-0.15, -0.1) is 21.5 Å². The van der Waals surface area contributed by atoms with Crippen molar-refractivity contribution in [2.24, 2.45) is 0 Å². The largest absolute Gasteiger partial charge is 0.308 e. The second kappa shape index (κ2) is 8.10. The molecule has 25 heavy (non-hydrogen) atoms. The van der Waals surface area contributed by atoms with Crippen molar-refractivity contribution in [3.05, 3.63) is 52.5 Å². The minimum Gasteiger partial charge on any atom is -0.308 e. The van der Waals surface area contributed by atoms with Gasteiger partial charge in [0.25, 0.3) is 0 Å². The first kappa shape index (κ1) is 16.7. The summed E-state index contributed by atoms with van der Waals surface area (Å²) in [5.41, 5.74) is 2.25. The van der Waals surface area contributed by atoms with E-state index in [-0.39, 0.29) is 0 Å². The van der Waals surface area contributed by atoms with E-state index in [1.165, 1.54) is 30.7 Å². The normalized spacial score (nSPS) is 15.0. The third kappa shape index (κ3) is 4.27. The first-order valence-electron chi connectivity index (χ1n) is 8.73. The zero-order valence-corrected chi connectivity index (χ0v) is 15.7. The van der Waals surface area contributed by atoms with E-state index in [0.29, 0.717) is 5.92 Å². The van der Waals surface area contributed by atoms with Crippen molar-refractivity contribution in [3.63, 3.8) is 0 Å². The molecule has 0 spiro atoms. The molecule has 0 aromatic carbocycles. The average molecular weight is 372 g/mol. The molecule has 1 saturated carbocycles. The maximum Gasteiger partial charge on any atom is 0.191 e. The summed E-state index contributed by atoms with van der Waals surface area (Å²) in [4.78, 5) is 9.22. The molecule has 0 N–H and O–H groups in total. The topological polar surface area (TPSA) is 56.5 Å². The molecule has 1 aliphatic carbocycles. The number of aryl methyl sites for hydroxylation is 2. The van der Waals surface area contributed by atoms with Crippen LogP contribution in [0.1, 0.15) is 48.0 Å². The quantitative estimate of drug-likeness (QED) is 0.579. The average Bonchev–Trinajstić information content (AvgIpc) is 3.40. The van der Waals surface area contributed by atoms with Gasteiger partial charge in [0.1, 0.15) is 6.33 Å². The number of hydrogen-bond donors (Lipinski definition) is 0. The molecular weight excluding hydrogens is 350 g/mol. The smallest absolute Gasteiger partial charge is 0.191 e. The summed E-state index contributed by atoms with van der Waals surface area (Å²) in [5.74, 6) is 1.55. The molecule has 0 atom stereocenters. The standard InChI is InChI=1S/C18H21N5S2/c1-2-6-14(5-1)17-21-16(11-24-17)12-25-18-22-20-13-23(18)10-8-15-7-3-4-9-19-15/h3-4,7,9,11,13-14H,1-2,5-6,8,10,12H2. The molecule has 0 aliphatic heterocycles. The minimum atomic E-state index is 0.700. The molecule has 7 heteroatoms. The van der Waals surface area contributed by atoms with Gasteiger partial charge in [-0.05, 0) is 25.0 Å². The lowest BCUT2D eigenvalue weighted by atomic mass is 10.1. The first-order chi connectivity index (χ1) is 12.4. The Morgan fingerprint density at radius 1 is 1.20 bits per heavy atom. The van der Waals surface area contributed by atoms with Crippen LogP contribution >= 0.6 is 23.1 Å². The Labute approximate surface area is 155 Å². The van der Waals surface area contributed by atoms with E-state index in [0.717, 1.165) is 35.3 Å². The second-order valence-corrected chi connectivity index (χ2v) is 8.16. The lowest BCUT2D eigenvalue weighted by Gasteiger charge is -2.05. The lowest BCUT2D eigenvalue weighted by Crippen LogP contribution is -2.03. The van der Waals surface area contributed by atoms with Crippen LogP contribution in [0.2, 0.25) is 0 Å². The summed E-state index contributed by atoms with van der Waals surface area (Å²) in [6.07, 6.45) is 9.85. The molecule has 1 fully saturated rings. The number of rotatable bonds is 7. The zero-order chi connectivity index (χ0) is 16.9. The van der Waals surface area contributed by atoms with Gasteiger partial charge in [-0.2, -0.15) is 0 Å². The second-order valence-electron chi connectivity index (χ2n) is 6.33. The molecule has 3 aromatic rings. The highest BCUT2D eigenvalue weighted by Crippen LogP contribution is 2.36. The Hall–Kier alpha value is -1.73. The number of thiazole rings is 1. The molecular formula is C18H21N5S2. The molecule has 130 valence electrons. The fraction of sp³-hybridized carbons (Fsp3) is 0.444. The van der Waals surface area contributed by atoms with Gasteiger partial charge in [-0.1, -0.05) is 30.7 Å². The third-order valence-electron chi connectivity index (χ3n) is 4.54. The van der Waals surface area contributed by atoms with Crippen molar-refractivity contribution in [2.75, 3.05) is 0 Å². The van der Waals surface area contributed by atoms with Gasteiger partial charge < -0.3 is 4.57 Å². The Bertz CT molecular complexity index is 793. The predicted octanol–water partition coefficient (Wildman–Crippen LogP) is 4.32. The zero-order valence-electron chi connectivity index (χ0n) is 14.0. The molecule has 3 heterocycles. The third-order valence-corrected chi connectivity index (χ3v) is 6.61. The monoisotopic (exact) mass is 371 g/mol. The van der Waals surface area contributed by atoms with E-state index in [2.05, 4.69) is 31.2 Å². The van der Waals surface area contributed by atoms with Crippen molar-refractivity contribution >= 4 is 23.1 Å². The van der Waals surface area contributed by atoms with Crippen LogP contribution in [0, 0.1) is 0 Å². The van der Waals surface area contributed by atoms with Gasteiger partial charge in [0.15, 0.2) is 5.16 Å². The van der Waals surface area contributed by atoms with E-state index >= 15 is 0 Å². The van der Waals surface area contributed by atoms with Crippen LogP contribution in [-0.2, 0) is 18.7 Å². The van der Waals surface area contributed by atoms with E-state index in [1.807, 2.05) is 29.7 Å². The van der Waals surface area contributed by atoms with Crippen molar-refractivity contribution in [1.82, 2.24) is 24.7 Å². The highest BCUT2D eigenvalue weighted by atomic mass is 32.2. The molecule has 4 rings (SSSR count). The Balaban J connectivity index is 1.33. The maximum absolute atomic E-state index is 4.85. The molecule has 0 radical (unpaired) electrons. The van der Waals surface area contributed by atoms with Crippen LogP contribution < -0.4 is 0 Å². The van der Waals surface area contributed by atoms with Gasteiger partial charge in [0, 0.05) is 41.9 Å². The summed E-state index contributed by atoms with van der Waals surface area (Å²) in [7, 11) is 0. The lowest BCUT2D eigenvalue weighted by molar-refractivity contribution is 0.626. The van der Waals surface area contributed by atoms with Crippen LogP contribution in [0.4, 0.5) is 0 Å².